The Labute approximate surface area is 112 Å². The van der Waals surface area contributed by atoms with Crippen LogP contribution in [0.2, 0.25) is 0 Å². The van der Waals surface area contributed by atoms with E-state index in [0.717, 1.165) is 11.1 Å². The molecule has 98 valence electrons. The molecule has 2 rings (SSSR count). The van der Waals surface area contributed by atoms with Crippen molar-refractivity contribution >= 4 is 18.0 Å². The normalized spacial score (nSPS) is 10.6. The van der Waals surface area contributed by atoms with Gasteiger partial charge in [0, 0.05) is 6.20 Å². The van der Waals surface area contributed by atoms with E-state index in [1.807, 2.05) is 42.5 Å². The number of hydrogen-bond acceptors (Lipinski definition) is 4. The van der Waals surface area contributed by atoms with Crippen LogP contribution in [0.3, 0.4) is 0 Å². The van der Waals surface area contributed by atoms with Crippen molar-refractivity contribution in [1.29, 1.82) is 0 Å². The maximum absolute atomic E-state index is 5.63. The third-order valence-corrected chi connectivity index (χ3v) is 2.68. The van der Waals surface area contributed by atoms with E-state index in [-0.39, 0.29) is 0 Å². The molecule has 1 aromatic carbocycles. The molecule has 0 saturated heterocycles. The molecule has 0 spiro atoms. The van der Waals surface area contributed by atoms with Gasteiger partial charge in [0.2, 0.25) is 0 Å². The number of nitrogen functional groups attached to an aromatic ring is 1. The van der Waals surface area contributed by atoms with Crippen LogP contribution in [0.4, 0.5) is 5.82 Å². The van der Waals surface area contributed by atoms with Crippen molar-refractivity contribution in [2.24, 2.45) is 0 Å². The second-order valence-electron chi connectivity index (χ2n) is 3.96. The van der Waals surface area contributed by atoms with E-state index >= 15 is 0 Å². The zero-order valence-corrected chi connectivity index (χ0v) is 11.0. The molecular formula is C15H16N2O2. The van der Waals surface area contributed by atoms with Crippen LogP contribution in [-0.4, -0.2) is 19.2 Å². The maximum Gasteiger partial charge on any atom is 0.161 e. The first-order valence-corrected chi connectivity index (χ1v) is 5.84. The fraction of sp³-hybridized carbons (Fsp3) is 0.133. The number of aromatic nitrogens is 1. The van der Waals surface area contributed by atoms with Gasteiger partial charge in [-0.15, -0.1) is 0 Å². The fourth-order valence-electron chi connectivity index (χ4n) is 1.72. The third kappa shape index (κ3) is 3.25. The van der Waals surface area contributed by atoms with Crippen molar-refractivity contribution in [3.63, 3.8) is 0 Å². The van der Waals surface area contributed by atoms with Gasteiger partial charge in [-0.25, -0.2) is 4.98 Å². The molecule has 0 amide bonds. The second-order valence-corrected chi connectivity index (χ2v) is 3.96. The molecule has 0 bridgehead atoms. The molecule has 1 heterocycles. The minimum absolute atomic E-state index is 0.509. The third-order valence-electron chi connectivity index (χ3n) is 2.68. The van der Waals surface area contributed by atoms with Gasteiger partial charge in [0.05, 0.1) is 14.2 Å². The van der Waals surface area contributed by atoms with Crippen LogP contribution in [0.15, 0.2) is 36.5 Å². The van der Waals surface area contributed by atoms with Crippen LogP contribution in [0, 0.1) is 0 Å². The Bertz CT molecular complexity index is 594. The summed E-state index contributed by atoms with van der Waals surface area (Å²) in [6.45, 7) is 0. The lowest BCUT2D eigenvalue weighted by Gasteiger charge is -2.07. The Hall–Kier alpha value is -2.49. The first-order valence-electron chi connectivity index (χ1n) is 5.84. The van der Waals surface area contributed by atoms with Crippen molar-refractivity contribution in [2.45, 2.75) is 0 Å². The van der Waals surface area contributed by atoms with Gasteiger partial charge in [-0.3, -0.25) is 0 Å². The van der Waals surface area contributed by atoms with Gasteiger partial charge in [-0.05, 0) is 35.4 Å². The summed E-state index contributed by atoms with van der Waals surface area (Å²) in [5.74, 6) is 1.93. The number of nitrogens with two attached hydrogens (primary N) is 1. The monoisotopic (exact) mass is 256 g/mol. The van der Waals surface area contributed by atoms with E-state index in [4.69, 9.17) is 15.2 Å². The fourth-order valence-corrected chi connectivity index (χ4v) is 1.72. The maximum atomic E-state index is 5.63. The Morgan fingerprint density at radius 2 is 1.63 bits per heavy atom. The standard InChI is InChI=1S/C15H16N2O2/c1-18-13-6-5-11(9-14(13)19-2)3-4-12-7-8-17-15(16)10-12/h3-10H,1-2H3,(H2,16,17)/b4-3+. The highest BCUT2D eigenvalue weighted by atomic mass is 16.5. The number of anilines is 1. The molecule has 2 aromatic rings. The average Bonchev–Trinajstić information content (AvgIpc) is 2.45. The quantitative estimate of drug-likeness (QED) is 0.913. The van der Waals surface area contributed by atoms with Gasteiger partial charge < -0.3 is 15.2 Å². The summed E-state index contributed by atoms with van der Waals surface area (Å²) >= 11 is 0. The summed E-state index contributed by atoms with van der Waals surface area (Å²) in [7, 11) is 3.24. The molecule has 4 nitrogen and oxygen atoms in total. The van der Waals surface area contributed by atoms with Crippen LogP contribution < -0.4 is 15.2 Å². The summed E-state index contributed by atoms with van der Waals surface area (Å²) in [6, 6.07) is 9.46. The SMILES string of the molecule is COc1ccc(/C=C/c2ccnc(N)c2)cc1OC. The zero-order chi connectivity index (χ0) is 13.7. The first-order chi connectivity index (χ1) is 9.22. The first kappa shape index (κ1) is 13.0. The Morgan fingerprint density at radius 3 is 2.26 bits per heavy atom. The van der Waals surface area contributed by atoms with Gasteiger partial charge in [0.1, 0.15) is 5.82 Å². The predicted octanol–water partition coefficient (Wildman–Crippen LogP) is 2.85. The molecular weight excluding hydrogens is 240 g/mol. The minimum Gasteiger partial charge on any atom is -0.493 e. The zero-order valence-electron chi connectivity index (χ0n) is 11.0. The van der Waals surface area contributed by atoms with E-state index in [2.05, 4.69) is 4.98 Å². The van der Waals surface area contributed by atoms with Gasteiger partial charge >= 0.3 is 0 Å². The molecule has 0 radical (unpaired) electrons. The minimum atomic E-state index is 0.509. The number of hydrogen-bond donors (Lipinski definition) is 1. The van der Waals surface area contributed by atoms with Crippen molar-refractivity contribution < 1.29 is 9.47 Å². The number of methoxy groups -OCH3 is 2. The van der Waals surface area contributed by atoms with E-state index < -0.39 is 0 Å². The molecule has 2 N–H and O–H groups in total. The largest absolute Gasteiger partial charge is 0.493 e. The number of ether oxygens (including phenoxy) is 2. The molecule has 19 heavy (non-hydrogen) atoms. The lowest BCUT2D eigenvalue weighted by molar-refractivity contribution is 0.355. The summed E-state index contributed by atoms with van der Waals surface area (Å²) in [5.41, 5.74) is 7.65. The molecule has 1 aromatic heterocycles. The van der Waals surface area contributed by atoms with Crippen molar-refractivity contribution in [1.82, 2.24) is 4.98 Å². The highest BCUT2D eigenvalue weighted by molar-refractivity contribution is 5.71. The van der Waals surface area contributed by atoms with Crippen LogP contribution in [-0.2, 0) is 0 Å². The Balaban J connectivity index is 2.23. The Morgan fingerprint density at radius 1 is 0.947 bits per heavy atom. The van der Waals surface area contributed by atoms with E-state index in [1.54, 1.807) is 20.4 Å². The number of rotatable bonds is 4. The lowest BCUT2D eigenvalue weighted by Crippen LogP contribution is -1.90. The molecule has 0 atom stereocenters. The smallest absolute Gasteiger partial charge is 0.161 e. The predicted molar refractivity (Wildman–Crippen MR) is 77.1 cm³/mol. The van der Waals surface area contributed by atoms with Crippen LogP contribution in [0.1, 0.15) is 11.1 Å². The molecule has 4 heteroatoms. The van der Waals surface area contributed by atoms with Gasteiger partial charge in [0.25, 0.3) is 0 Å². The summed E-state index contributed by atoms with van der Waals surface area (Å²) < 4.78 is 10.5. The molecule has 0 fully saturated rings. The van der Waals surface area contributed by atoms with E-state index in [0.29, 0.717) is 17.3 Å². The van der Waals surface area contributed by atoms with Crippen LogP contribution in [0.5, 0.6) is 11.5 Å². The van der Waals surface area contributed by atoms with E-state index in [9.17, 15) is 0 Å². The highest BCUT2D eigenvalue weighted by Gasteiger charge is 2.02. The molecule has 0 aliphatic carbocycles. The number of nitrogens with zero attached hydrogens (tertiary/aromatic N) is 1. The topological polar surface area (TPSA) is 57.4 Å². The number of pyridine rings is 1. The lowest BCUT2D eigenvalue weighted by atomic mass is 10.1. The van der Waals surface area contributed by atoms with E-state index in [1.165, 1.54) is 0 Å². The molecule has 0 saturated carbocycles. The summed E-state index contributed by atoms with van der Waals surface area (Å²) in [5, 5.41) is 0. The highest BCUT2D eigenvalue weighted by Crippen LogP contribution is 2.28. The summed E-state index contributed by atoms with van der Waals surface area (Å²) in [4.78, 5) is 3.95. The molecule has 0 aliphatic rings. The number of benzene rings is 1. The van der Waals surface area contributed by atoms with Crippen molar-refractivity contribution in [2.75, 3.05) is 20.0 Å². The van der Waals surface area contributed by atoms with Gasteiger partial charge in [0.15, 0.2) is 11.5 Å². The molecule has 0 unspecified atom stereocenters. The van der Waals surface area contributed by atoms with Crippen molar-refractivity contribution in [3.05, 3.63) is 47.7 Å². The molecule has 0 aliphatic heterocycles. The van der Waals surface area contributed by atoms with Gasteiger partial charge in [-0.1, -0.05) is 18.2 Å². The summed E-state index contributed by atoms with van der Waals surface area (Å²) in [6.07, 6.45) is 5.64. The van der Waals surface area contributed by atoms with Crippen LogP contribution in [0.25, 0.3) is 12.2 Å². The van der Waals surface area contributed by atoms with Crippen molar-refractivity contribution in [3.8, 4) is 11.5 Å². The Kier molecular flexibility index (Phi) is 4.03. The second kappa shape index (κ2) is 5.91. The van der Waals surface area contributed by atoms with Crippen LogP contribution >= 0.6 is 0 Å². The van der Waals surface area contributed by atoms with Gasteiger partial charge in [-0.2, -0.15) is 0 Å². The average molecular weight is 256 g/mol.